The smallest absolute Gasteiger partial charge is 0.166 e. The highest BCUT2D eigenvalue weighted by Gasteiger charge is 2.05. The topological polar surface area (TPSA) is 47.1 Å². The van der Waals surface area contributed by atoms with Crippen molar-refractivity contribution in [2.45, 2.75) is 12.1 Å². The third-order valence-electron chi connectivity index (χ3n) is 3.08. The zero-order chi connectivity index (χ0) is 15.2. The maximum Gasteiger partial charge on any atom is 0.166 e. The Balaban J connectivity index is 1.55. The summed E-state index contributed by atoms with van der Waals surface area (Å²) in [5.41, 5.74) is 1.95. The predicted molar refractivity (Wildman–Crippen MR) is 89.9 cm³/mol. The molecule has 5 heteroatoms. The SMILES string of the molecule is CCOc1ccc2nc(SCCOc3ccccc3)[nH]c2c1. The van der Waals surface area contributed by atoms with Crippen LogP contribution in [0.25, 0.3) is 11.0 Å². The van der Waals surface area contributed by atoms with E-state index < -0.39 is 0 Å². The molecule has 1 aromatic heterocycles. The standard InChI is InChI=1S/C17H18N2O2S/c1-2-20-14-8-9-15-16(12-14)19-17(18-15)22-11-10-21-13-6-4-3-5-7-13/h3-9,12H,2,10-11H2,1H3,(H,18,19). The molecule has 0 radical (unpaired) electrons. The third kappa shape index (κ3) is 3.74. The van der Waals surface area contributed by atoms with E-state index in [1.165, 1.54) is 0 Å². The molecule has 0 aliphatic heterocycles. The van der Waals surface area contributed by atoms with E-state index in [2.05, 4.69) is 9.97 Å². The summed E-state index contributed by atoms with van der Waals surface area (Å²) < 4.78 is 11.2. The zero-order valence-corrected chi connectivity index (χ0v) is 13.2. The van der Waals surface area contributed by atoms with Crippen molar-refractivity contribution in [3.63, 3.8) is 0 Å². The van der Waals surface area contributed by atoms with Crippen LogP contribution < -0.4 is 9.47 Å². The number of hydrogen-bond donors (Lipinski definition) is 1. The van der Waals surface area contributed by atoms with Crippen molar-refractivity contribution in [2.75, 3.05) is 19.0 Å². The van der Waals surface area contributed by atoms with Gasteiger partial charge in [-0.15, -0.1) is 0 Å². The van der Waals surface area contributed by atoms with Crippen molar-refractivity contribution in [2.24, 2.45) is 0 Å². The number of aromatic amines is 1. The number of hydrogen-bond acceptors (Lipinski definition) is 4. The highest BCUT2D eigenvalue weighted by molar-refractivity contribution is 7.99. The molecular formula is C17H18N2O2S. The van der Waals surface area contributed by atoms with Gasteiger partial charge in [0.05, 0.1) is 24.2 Å². The van der Waals surface area contributed by atoms with Gasteiger partial charge in [0.25, 0.3) is 0 Å². The van der Waals surface area contributed by atoms with Gasteiger partial charge < -0.3 is 14.5 Å². The summed E-state index contributed by atoms with van der Waals surface area (Å²) in [6, 6.07) is 15.7. The lowest BCUT2D eigenvalue weighted by molar-refractivity contribution is 0.340. The molecule has 0 amide bonds. The summed E-state index contributed by atoms with van der Waals surface area (Å²) in [6.07, 6.45) is 0. The number of aromatic nitrogens is 2. The monoisotopic (exact) mass is 314 g/mol. The molecule has 0 spiro atoms. The van der Waals surface area contributed by atoms with E-state index in [1.54, 1.807) is 11.8 Å². The van der Waals surface area contributed by atoms with E-state index in [1.807, 2.05) is 55.5 Å². The van der Waals surface area contributed by atoms with Crippen LogP contribution in [0.1, 0.15) is 6.92 Å². The normalized spacial score (nSPS) is 10.8. The van der Waals surface area contributed by atoms with Crippen molar-refractivity contribution >= 4 is 22.8 Å². The van der Waals surface area contributed by atoms with Gasteiger partial charge in [0.2, 0.25) is 0 Å². The van der Waals surface area contributed by atoms with Gasteiger partial charge in [0, 0.05) is 11.8 Å². The predicted octanol–water partition coefficient (Wildman–Crippen LogP) is 4.13. The average molecular weight is 314 g/mol. The van der Waals surface area contributed by atoms with Gasteiger partial charge in [0.1, 0.15) is 11.5 Å². The van der Waals surface area contributed by atoms with E-state index in [0.29, 0.717) is 13.2 Å². The second kappa shape index (κ2) is 7.22. The van der Waals surface area contributed by atoms with Gasteiger partial charge in [-0.1, -0.05) is 30.0 Å². The summed E-state index contributed by atoms with van der Waals surface area (Å²) in [5, 5.41) is 0.903. The minimum atomic E-state index is 0.649. The Bertz CT molecular complexity index is 728. The highest BCUT2D eigenvalue weighted by Crippen LogP contribution is 2.23. The van der Waals surface area contributed by atoms with Crippen LogP contribution in [0.15, 0.2) is 53.7 Å². The minimum absolute atomic E-state index is 0.649. The molecule has 0 saturated carbocycles. The number of rotatable bonds is 7. The zero-order valence-electron chi connectivity index (χ0n) is 12.4. The quantitative estimate of drug-likeness (QED) is 0.526. The summed E-state index contributed by atoms with van der Waals surface area (Å²) in [6.45, 7) is 3.29. The Labute approximate surface area is 133 Å². The molecule has 0 saturated heterocycles. The van der Waals surface area contributed by atoms with Gasteiger partial charge in [-0.2, -0.15) is 0 Å². The molecule has 1 heterocycles. The third-order valence-corrected chi connectivity index (χ3v) is 3.91. The molecule has 1 N–H and O–H groups in total. The lowest BCUT2D eigenvalue weighted by Crippen LogP contribution is -1.99. The molecule has 114 valence electrons. The average Bonchev–Trinajstić information content (AvgIpc) is 2.95. The van der Waals surface area contributed by atoms with Crippen molar-refractivity contribution in [1.82, 2.24) is 9.97 Å². The van der Waals surface area contributed by atoms with Gasteiger partial charge in [0.15, 0.2) is 5.16 Å². The van der Waals surface area contributed by atoms with Crippen LogP contribution in [0.3, 0.4) is 0 Å². The number of nitrogens with one attached hydrogen (secondary N) is 1. The van der Waals surface area contributed by atoms with Crippen molar-refractivity contribution in [1.29, 1.82) is 0 Å². The molecule has 3 rings (SSSR count). The number of thioether (sulfide) groups is 1. The summed E-state index contributed by atoms with van der Waals surface area (Å²) in [5.74, 6) is 2.60. The fourth-order valence-electron chi connectivity index (χ4n) is 2.10. The largest absolute Gasteiger partial charge is 0.494 e. The van der Waals surface area contributed by atoms with E-state index in [4.69, 9.17) is 9.47 Å². The lowest BCUT2D eigenvalue weighted by Gasteiger charge is -2.04. The second-order valence-corrected chi connectivity index (χ2v) is 5.75. The number of fused-ring (bicyclic) bond motifs is 1. The fraction of sp³-hybridized carbons (Fsp3) is 0.235. The first-order valence-electron chi connectivity index (χ1n) is 7.28. The molecule has 0 aliphatic rings. The first-order valence-corrected chi connectivity index (χ1v) is 8.27. The van der Waals surface area contributed by atoms with Crippen molar-refractivity contribution in [3.8, 4) is 11.5 Å². The second-order valence-electron chi connectivity index (χ2n) is 4.66. The van der Waals surface area contributed by atoms with Crippen LogP contribution in [0.5, 0.6) is 11.5 Å². The fourth-order valence-corrected chi connectivity index (χ4v) is 2.81. The van der Waals surface area contributed by atoms with Gasteiger partial charge in [-0.05, 0) is 31.2 Å². The van der Waals surface area contributed by atoms with Crippen LogP contribution in [0, 0.1) is 0 Å². The van der Waals surface area contributed by atoms with Crippen LogP contribution in [0.4, 0.5) is 0 Å². The Hall–Kier alpha value is -2.14. The van der Waals surface area contributed by atoms with Crippen LogP contribution in [-0.2, 0) is 0 Å². The van der Waals surface area contributed by atoms with Crippen LogP contribution in [-0.4, -0.2) is 28.9 Å². The Morgan fingerprint density at radius 3 is 2.73 bits per heavy atom. The van der Waals surface area contributed by atoms with E-state index in [9.17, 15) is 0 Å². The molecule has 2 aromatic carbocycles. The molecule has 22 heavy (non-hydrogen) atoms. The Kier molecular flexibility index (Phi) is 4.85. The number of imidazole rings is 1. The van der Waals surface area contributed by atoms with E-state index in [0.717, 1.165) is 33.4 Å². The molecule has 4 nitrogen and oxygen atoms in total. The van der Waals surface area contributed by atoms with E-state index in [-0.39, 0.29) is 0 Å². The first-order chi connectivity index (χ1) is 10.8. The van der Waals surface area contributed by atoms with Crippen LogP contribution in [0.2, 0.25) is 0 Å². The molecule has 0 bridgehead atoms. The lowest BCUT2D eigenvalue weighted by atomic mass is 10.3. The van der Waals surface area contributed by atoms with Crippen LogP contribution >= 0.6 is 11.8 Å². The molecule has 0 atom stereocenters. The first kappa shape index (κ1) is 14.8. The number of ether oxygens (including phenoxy) is 2. The maximum absolute atomic E-state index is 5.67. The van der Waals surface area contributed by atoms with Gasteiger partial charge in [-0.25, -0.2) is 4.98 Å². The number of para-hydroxylation sites is 1. The molecule has 3 aromatic rings. The van der Waals surface area contributed by atoms with Gasteiger partial charge >= 0.3 is 0 Å². The van der Waals surface area contributed by atoms with Crippen molar-refractivity contribution in [3.05, 3.63) is 48.5 Å². The molecule has 0 unspecified atom stereocenters. The summed E-state index contributed by atoms with van der Waals surface area (Å²) in [7, 11) is 0. The highest BCUT2D eigenvalue weighted by atomic mass is 32.2. The van der Waals surface area contributed by atoms with E-state index >= 15 is 0 Å². The maximum atomic E-state index is 5.67. The number of H-pyrrole nitrogens is 1. The Morgan fingerprint density at radius 2 is 1.91 bits per heavy atom. The number of benzene rings is 2. The van der Waals surface area contributed by atoms with Gasteiger partial charge in [-0.3, -0.25) is 0 Å². The summed E-state index contributed by atoms with van der Waals surface area (Å²) >= 11 is 1.65. The van der Waals surface area contributed by atoms with Crippen molar-refractivity contribution < 1.29 is 9.47 Å². The summed E-state index contributed by atoms with van der Waals surface area (Å²) in [4.78, 5) is 7.86. The molecule has 0 fully saturated rings. The molecule has 0 aliphatic carbocycles. The molecular weight excluding hydrogens is 296 g/mol. The number of nitrogens with zero attached hydrogens (tertiary/aromatic N) is 1. The minimum Gasteiger partial charge on any atom is -0.494 e. The Morgan fingerprint density at radius 1 is 1.05 bits per heavy atom.